The van der Waals surface area contributed by atoms with Gasteiger partial charge in [0, 0.05) is 30.6 Å². The number of methoxy groups -OCH3 is 1. The number of esters is 1. The second-order valence-corrected chi connectivity index (χ2v) is 8.80. The molecule has 0 saturated heterocycles. The average molecular weight is 439 g/mol. The number of carbonyl (C=O) groups is 1. The number of benzene rings is 1. The van der Waals surface area contributed by atoms with Crippen LogP contribution in [0.3, 0.4) is 0 Å². The highest BCUT2D eigenvalue weighted by molar-refractivity contribution is 7.19. The van der Waals surface area contributed by atoms with Gasteiger partial charge in [-0.2, -0.15) is 5.10 Å². The van der Waals surface area contributed by atoms with Crippen LogP contribution in [0, 0.1) is 6.92 Å². The van der Waals surface area contributed by atoms with E-state index in [1.54, 1.807) is 34.8 Å². The molecule has 0 aliphatic rings. The Balaban J connectivity index is 1.38. The largest absolute Gasteiger partial charge is 0.465 e. The molecule has 30 heavy (non-hydrogen) atoms. The van der Waals surface area contributed by atoms with Crippen molar-refractivity contribution in [3.05, 3.63) is 75.7 Å². The predicted octanol–water partition coefficient (Wildman–Crippen LogP) is 5.02. The number of rotatable bonds is 8. The molecule has 3 aromatic heterocycles. The summed E-state index contributed by atoms with van der Waals surface area (Å²) >= 11 is 3.38. The van der Waals surface area contributed by atoms with E-state index in [2.05, 4.69) is 27.8 Å². The monoisotopic (exact) mass is 438 g/mol. The SMILES string of the molecule is COC(=O)c1ccc(CNc2nc(C)c(-c3ccn(CCc4cccs4)n3)s2)cc1. The van der Waals surface area contributed by atoms with Crippen LogP contribution in [0.25, 0.3) is 10.6 Å². The number of nitrogens with one attached hydrogen (secondary N) is 1. The van der Waals surface area contributed by atoms with Gasteiger partial charge < -0.3 is 10.1 Å². The van der Waals surface area contributed by atoms with E-state index >= 15 is 0 Å². The third-order valence-electron chi connectivity index (χ3n) is 4.66. The molecule has 0 saturated carbocycles. The van der Waals surface area contributed by atoms with Crippen LogP contribution < -0.4 is 5.32 Å². The summed E-state index contributed by atoms with van der Waals surface area (Å²) in [5.41, 5.74) is 3.52. The summed E-state index contributed by atoms with van der Waals surface area (Å²) in [5.74, 6) is -0.329. The molecule has 0 radical (unpaired) electrons. The van der Waals surface area contributed by atoms with Gasteiger partial charge in [-0.05, 0) is 42.1 Å². The van der Waals surface area contributed by atoms with Gasteiger partial charge >= 0.3 is 5.97 Å². The lowest BCUT2D eigenvalue weighted by molar-refractivity contribution is 0.0600. The number of carbonyl (C=O) groups excluding carboxylic acids is 1. The quantitative estimate of drug-likeness (QED) is 0.391. The van der Waals surface area contributed by atoms with Crippen molar-refractivity contribution in [1.29, 1.82) is 0 Å². The molecule has 4 aromatic rings. The molecule has 1 aromatic carbocycles. The lowest BCUT2D eigenvalue weighted by Crippen LogP contribution is -2.02. The third kappa shape index (κ3) is 4.77. The van der Waals surface area contributed by atoms with E-state index in [0.29, 0.717) is 12.1 Å². The van der Waals surface area contributed by atoms with E-state index in [1.165, 1.54) is 12.0 Å². The molecule has 0 aliphatic heterocycles. The number of nitrogens with zero attached hydrogens (tertiary/aromatic N) is 3. The first-order valence-electron chi connectivity index (χ1n) is 9.57. The summed E-state index contributed by atoms with van der Waals surface area (Å²) in [7, 11) is 1.38. The Morgan fingerprint density at radius 3 is 2.77 bits per heavy atom. The predicted molar refractivity (Wildman–Crippen MR) is 121 cm³/mol. The summed E-state index contributed by atoms with van der Waals surface area (Å²) < 4.78 is 6.72. The zero-order valence-electron chi connectivity index (χ0n) is 16.8. The lowest BCUT2D eigenvalue weighted by atomic mass is 10.1. The maximum Gasteiger partial charge on any atom is 0.337 e. The van der Waals surface area contributed by atoms with Gasteiger partial charge in [0.25, 0.3) is 0 Å². The Morgan fingerprint density at radius 1 is 1.20 bits per heavy atom. The summed E-state index contributed by atoms with van der Waals surface area (Å²) in [5, 5.41) is 11.0. The smallest absolute Gasteiger partial charge is 0.337 e. The minimum Gasteiger partial charge on any atom is -0.465 e. The van der Waals surface area contributed by atoms with E-state index in [0.717, 1.165) is 39.9 Å². The van der Waals surface area contributed by atoms with Crippen molar-refractivity contribution >= 4 is 33.8 Å². The Bertz CT molecular complexity index is 1110. The van der Waals surface area contributed by atoms with Gasteiger partial charge in [0.15, 0.2) is 5.13 Å². The molecule has 4 rings (SSSR count). The zero-order chi connectivity index (χ0) is 20.9. The topological polar surface area (TPSA) is 69.0 Å². The van der Waals surface area contributed by atoms with Crippen molar-refractivity contribution in [3.8, 4) is 10.6 Å². The Labute approximate surface area is 183 Å². The van der Waals surface area contributed by atoms with Gasteiger partial charge in [-0.15, -0.1) is 11.3 Å². The molecule has 0 bridgehead atoms. The first-order valence-corrected chi connectivity index (χ1v) is 11.3. The van der Waals surface area contributed by atoms with Crippen molar-refractivity contribution in [2.75, 3.05) is 12.4 Å². The van der Waals surface area contributed by atoms with Crippen molar-refractivity contribution in [1.82, 2.24) is 14.8 Å². The van der Waals surface area contributed by atoms with E-state index in [-0.39, 0.29) is 5.97 Å². The van der Waals surface area contributed by atoms with Crippen molar-refractivity contribution in [2.45, 2.75) is 26.4 Å². The molecular weight excluding hydrogens is 416 g/mol. The average Bonchev–Trinajstić information content (AvgIpc) is 3.51. The first kappa shape index (κ1) is 20.3. The van der Waals surface area contributed by atoms with Gasteiger partial charge in [0.1, 0.15) is 5.69 Å². The zero-order valence-corrected chi connectivity index (χ0v) is 18.4. The highest BCUT2D eigenvalue weighted by atomic mass is 32.1. The molecule has 0 spiro atoms. The molecule has 6 nitrogen and oxygen atoms in total. The number of hydrogen-bond acceptors (Lipinski definition) is 7. The van der Waals surface area contributed by atoms with Gasteiger partial charge in [-0.3, -0.25) is 4.68 Å². The minimum atomic E-state index is -0.329. The summed E-state index contributed by atoms with van der Waals surface area (Å²) in [6.45, 7) is 3.50. The van der Waals surface area contributed by atoms with E-state index in [4.69, 9.17) is 9.84 Å². The molecule has 0 amide bonds. The van der Waals surface area contributed by atoms with Crippen LogP contribution in [-0.2, 0) is 24.2 Å². The molecule has 0 fully saturated rings. The molecule has 8 heteroatoms. The number of thiazole rings is 1. The van der Waals surface area contributed by atoms with Crippen molar-refractivity contribution in [3.63, 3.8) is 0 Å². The highest BCUT2D eigenvalue weighted by Crippen LogP contribution is 2.31. The Kier molecular flexibility index (Phi) is 6.25. The number of hydrogen-bond donors (Lipinski definition) is 1. The van der Waals surface area contributed by atoms with Crippen LogP contribution in [0.1, 0.15) is 26.5 Å². The van der Waals surface area contributed by atoms with Crippen LogP contribution >= 0.6 is 22.7 Å². The standard InChI is InChI=1S/C22H22N4O2S2/c1-15-20(19-10-12-26(25-19)11-9-18-4-3-13-29-18)30-22(24-15)23-14-16-5-7-17(8-6-16)21(27)28-2/h3-8,10,12-13H,9,11,14H2,1-2H3,(H,23,24). The molecule has 0 atom stereocenters. The first-order chi connectivity index (χ1) is 14.6. The molecule has 1 N–H and O–H groups in total. The Hall–Kier alpha value is -2.97. The fourth-order valence-electron chi connectivity index (χ4n) is 3.05. The molecular formula is C22H22N4O2S2. The lowest BCUT2D eigenvalue weighted by Gasteiger charge is -2.04. The summed E-state index contributed by atoms with van der Waals surface area (Å²) in [6, 6.07) is 13.6. The maximum absolute atomic E-state index is 11.5. The highest BCUT2D eigenvalue weighted by Gasteiger charge is 2.13. The van der Waals surface area contributed by atoms with Gasteiger partial charge in [-0.25, -0.2) is 9.78 Å². The maximum atomic E-state index is 11.5. The summed E-state index contributed by atoms with van der Waals surface area (Å²) in [4.78, 5) is 18.6. The minimum absolute atomic E-state index is 0.329. The van der Waals surface area contributed by atoms with Crippen LogP contribution in [0.2, 0.25) is 0 Å². The Morgan fingerprint density at radius 2 is 2.03 bits per heavy atom. The number of anilines is 1. The fourth-order valence-corrected chi connectivity index (χ4v) is 4.68. The van der Waals surface area contributed by atoms with Gasteiger partial charge in [-0.1, -0.05) is 29.5 Å². The number of aryl methyl sites for hydroxylation is 3. The summed E-state index contributed by atoms with van der Waals surface area (Å²) in [6.07, 6.45) is 3.01. The second-order valence-electron chi connectivity index (χ2n) is 6.77. The van der Waals surface area contributed by atoms with E-state index in [1.807, 2.05) is 36.0 Å². The van der Waals surface area contributed by atoms with Gasteiger partial charge in [0.05, 0.1) is 23.2 Å². The van der Waals surface area contributed by atoms with Crippen molar-refractivity contribution < 1.29 is 9.53 Å². The van der Waals surface area contributed by atoms with Crippen LogP contribution in [-0.4, -0.2) is 27.8 Å². The number of thiophene rings is 1. The van der Waals surface area contributed by atoms with Crippen LogP contribution in [0.15, 0.2) is 54.0 Å². The van der Waals surface area contributed by atoms with Gasteiger partial charge in [0.2, 0.25) is 0 Å². The fraction of sp³-hybridized carbons (Fsp3) is 0.227. The molecule has 0 unspecified atom stereocenters. The molecule has 154 valence electrons. The third-order valence-corrected chi connectivity index (χ3v) is 6.73. The molecule has 0 aliphatic carbocycles. The number of ether oxygens (including phenoxy) is 1. The van der Waals surface area contributed by atoms with Crippen LogP contribution in [0.4, 0.5) is 5.13 Å². The van der Waals surface area contributed by atoms with Crippen LogP contribution in [0.5, 0.6) is 0 Å². The van der Waals surface area contributed by atoms with Crippen molar-refractivity contribution in [2.24, 2.45) is 0 Å². The molecule has 3 heterocycles. The van der Waals surface area contributed by atoms with E-state index in [9.17, 15) is 4.79 Å². The second kappa shape index (κ2) is 9.23. The normalized spacial score (nSPS) is 10.9. The number of aromatic nitrogens is 3. The van der Waals surface area contributed by atoms with E-state index < -0.39 is 0 Å².